The molecule has 0 unspecified atom stereocenters. The average Bonchev–Trinajstić information content (AvgIpc) is 3.07. The Morgan fingerprint density at radius 2 is 1.77 bits per heavy atom. The quantitative estimate of drug-likeness (QED) is 0.634. The fraction of sp³-hybridized carbons (Fsp3) is 0.333. The number of anilines is 1. The highest BCUT2D eigenvalue weighted by Gasteiger charge is 2.26. The number of benzene rings is 2. The minimum atomic E-state index is -1.05. The van der Waals surface area contributed by atoms with Crippen LogP contribution in [-0.4, -0.2) is 53.0 Å². The topological polar surface area (TPSA) is 76.6 Å². The summed E-state index contributed by atoms with van der Waals surface area (Å²) < 4.78 is 0. The number of H-pyrrole nitrogens is 1. The zero-order valence-electron chi connectivity index (χ0n) is 18.0. The van der Waals surface area contributed by atoms with Gasteiger partial charge in [0.25, 0.3) is 0 Å². The molecule has 1 saturated heterocycles. The third-order valence-corrected chi connectivity index (χ3v) is 6.34. The van der Waals surface area contributed by atoms with Crippen LogP contribution >= 0.6 is 11.6 Å². The predicted octanol–water partition coefficient (Wildman–Crippen LogP) is 4.34. The zero-order chi connectivity index (χ0) is 22.3. The summed E-state index contributed by atoms with van der Waals surface area (Å²) in [7, 11) is 0. The summed E-state index contributed by atoms with van der Waals surface area (Å²) >= 11 is 6.40. The van der Waals surface area contributed by atoms with E-state index in [0.29, 0.717) is 31.7 Å². The molecule has 1 aliphatic heterocycles. The molecule has 1 aliphatic rings. The number of rotatable bonds is 4. The number of para-hydroxylation sites is 1. The minimum absolute atomic E-state index is 0.0573. The molecule has 1 fully saturated rings. The number of hydrogen-bond donors (Lipinski definition) is 2. The van der Waals surface area contributed by atoms with Crippen LogP contribution in [0.4, 0.5) is 5.69 Å². The lowest BCUT2D eigenvalue weighted by atomic mass is 10.0. The fourth-order valence-electron chi connectivity index (χ4n) is 4.54. The first-order valence-electron chi connectivity index (χ1n) is 10.4. The number of carboxylic acids is 1. The highest BCUT2D eigenvalue weighted by atomic mass is 35.5. The van der Waals surface area contributed by atoms with E-state index in [2.05, 4.69) is 9.88 Å². The molecule has 162 valence electrons. The lowest BCUT2D eigenvalue weighted by Crippen LogP contribution is -2.49. The van der Waals surface area contributed by atoms with Gasteiger partial charge in [-0.25, -0.2) is 4.79 Å². The average molecular weight is 440 g/mol. The Morgan fingerprint density at radius 1 is 1.06 bits per heavy atom. The van der Waals surface area contributed by atoms with Crippen molar-refractivity contribution in [1.29, 1.82) is 0 Å². The molecule has 0 atom stereocenters. The van der Waals surface area contributed by atoms with Gasteiger partial charge in [0, 0.05) is 42.6 Å². The molecular weight excluding hydrogens is 414 g/mol. The van der Waals surface area contributed by atoms with Crippen LogP contribution in [0, 0.1) is 20.8 Å². The van der Waals surface area contributed by atoms with Crippen LogP contribution < -0.4 is 4.90 Å². The van der Waals surface area contributed by atoms with E-state index in [4.69, 9.17) is 11.6 Å². The zero-order valence-corrected chi connectivity index (χ0v) is 18.7. The molecule has 1 aromatic heterocycles. The second-order valence-electron chi connectivity index (χ2n) is 8.24. The monoisotopic (exact) mass is 439 g/mol. The number of fused-ring (bicyclic) bond motifs is 1. The summed E-state index contributed by atoms with van der Waals surface area (Å²) in [6, 6.07) is 9.81. The lowest BCUT2D eigenvalue weighted by molar-refractivity contribution is -0.130. The Balaban J connectivity index is 1.54. The van der Waals surface area contributed by atoms with E-state index >= 15 is 0 Å². The van der Waals surface area contributed by atoms with E-state index in [0.717, 1.165) is 38.3 Å². The number of piperazine rings is 1. The summed E-state index contributed by atoms with van der Waals surface area (Å²) in [4.78, 5) is 32.0. The predicted molar refractivity (Wildman–Crippen MR) is 123 cm³/mol. The molecule has 2 heterocycles. The van der Waals surface area contributed by atoms with Crippen LogP contribution in [0.2, 0.25) is 5.02 Å². The van der Waals surface area contributed by atoms with Crippen LogP contribution in [0.25, 0.3) is 10.9 Å². The molecule has 1 amide bonds. The molecule has 0 saturated carbocycles. The Labute approximate surface area is 186 Å². The third kappa shape index (κ3) is 4.00. The first kappa shape index (κ1) is 21.2. The number of carboxylic acid groups (broad SMARTS) is 1. The molecule has 4 rings (SSSR count). The molecule has 0 aliphatic carbocycles. The van der Waals surface area contributed by atoms with Crippen molar-refractivity contribution in [1.82, 2.24) is 9.88 Å². The molecule has 6 nitrogen and oxygen atoms in total. The van der Waals surface area contributed by atoms with E-state index in [1.165, 1.54) is 0 Å². The number of aromatic carboxylic acids is 1. The number of aryl methyl sites for hydroxylation is 3. The maximum absolute atomic E-state index is 13.1. The Bertz CT molecular complexity index is 1160. The van der Waals surface area contributed by atoms with Crippen molar-refractivity contribution in [2.45, 2.75) is 27.2 Å². The van der Waals surface area contributed by atoms with Gasteiger partial charge in [0.15, 0.2) is 0 Å². The summed E-state index contributed by atoms with van der Waals surface area (Å²) in [5.41, 5.74) is 5.59. The van der Waals surface area contributed by atoms with Crippen molar-refractivity contribution in [3.8, 4) is 0 Å². The van der Waals surface area contributed by atoms with Gasteiger partial charge in [-0.05, 0) is 44.0 Å². The summed E-state index contributed by atoms with van der Waals surface area (Å²) in [6.07, 6.45) is 0.0651. The van der Waals surface area contributed by atoms with E-state index in [9.17, 15) is 14.7 Å². The number of hydrogen-bond acceptors (Lipinski definition) is 3. The first-order chi connectivity index (χ1) is 14.8. The van der Waals surface area contributed by atoms with Crippen molar-refractivity contribution in [2.24, 2.45) is 0 Å². The molecule has 0 spiro atoms. The lowest BCUT2D eigenvalue weighted by Gasteiger charge is -2.37. The molecule has 31 heavy (non-hydrogen) atoms. The van der Waals surface area contributed by atoms with Gasteiger partial charge in [0.1, 0.15) is 5.69 Å². The molecule has 3 aromatic rings. The van der Waals surface area contributed by atoms with Gasteiger partial charge in [-0.1, -0.05) is 35.4 Å². The standard InChI is InChI=1S/C24H26ClN3O3/c1-14-11-16(3)21-17(12-14)18(22(26-21)24(30)31)13-20(29)27-7-9-28(10-8-27)23-15(2)5-4-6-19(23)25/h4-6,11-12,26H,7-10,13H2,1-3H3,(H,30,31). The number of nitrogens with zero attached hydrogens (tertiary/aromatic N) is 2. The number of carbonyl (C=O) groups excluding carboxylic acids is 1. The van der Waals surface area contributed by atoms with Gasteiger partial charge in [-0.3, -0.25) is 4.79 Å². The molecule has 2 N–H and O–H groups in total. The van der Waals surface area contributed by atoms with E-state index in [-0.39, 0.29) is 18.0 Å². The van der Waals surface area contributed by atoms with E-state index < -0.39 is 5.97 Å². The number of halogens is 1. The highest BCUT2D eigenvalue weighted by molar-refractivity contribution is 6.33. The van der Waals surface area contributed by atoms with Crippen LogP contribution in [-0.2, 0) is 11.2 Å². The van der Waals surface area contributed by atoms with Gasteiger partial charge in [-0.15, -0.1) is 0 Å². The maximum Gasteiger partial charge on any atom is 0.352 e. The molecule has 7 heteroatoms. The highest BCUT2D eigenvalue weighted by Crippen LogP contribution is 2.31. The summed E-state index contributed by atoms with van der Waals surface area (Å²) in [6.45, 7) is 8.48. The Kier molecular flexibility index (Phi) is 5.67. The normalized spacial score (nSPS) is 14.3. The van der Waals surface area contributed by atoms with Gasteiger partial charge in [0.05, 0.1) is 17.1 Å². The number of aromatic amines is 1. The van der Waals surface area contributed by atoms with Crippen LogP contribution in [0.3, 0.4) is 0 Å². The van der Waals surface area contributed by atoms with Crippen molar-refractivity contribution in [2.75, 3.05) is 31.1 Å². The number of aromatic nitrogens is 1. The molecular formula is C24H26ClN3O3. The van der Waals surface area contributed by atoms with Crippen molar-refractivity contribution >= 4 is 40.1 Å². The van der Waals surface area contributed by atoms with Gasteiger partial charge in [0.2, 0.25) is 5.91 Å². The minimum Gasteiger partial charge on any atom is -0.477 e. The van der Waals surface area contributed by atoms with Crippen molar-refractivity contribution in [3.63, 3.8) is 0 Å². The number of nitrogens with one attached hydrogen (secondary N) is 1. The van der Waals surface area contributed by atoms with Gasteiger partial charge >= 0.3 is 5.97 Å². The second kappa shape index (κ2) is 8.27. The number of amides is 1. The fourth-order valence-corrected chi connectivity index (χ4v) is 4.88. The number of carbonyl (C=O) groups is 2. The molecule has 0 radical (unpaired) electrons. The van der Waals surface area contributed by atoms with Crippen molar-refractivity contribution in [3.05, 3.63) is 63.3 Å². The Morgan fingerprint density at radius 3 is 2.42 bits per heavy atom. The SMILES string of the molecule is Cc1cc(C)c2[nH]c(C(=O)O)c(CC(=O)N3CCN(c4c(C)cccc4Cl)CC3)c2c1. The second-order valence-corrected chi connectivity index (χ2v) is 8.65. The smallest absolute Gasteiger partial charge is 0.352 e. The largest absolute Gasteiger partial charge is 0.477 e. The molecule has 2 aromatic carbocycles. The van der Waals surface area contributed by atoms with Gasteiger partial charge < -0.3 is 19.9 Å². The Hall–Kier alpha value is -2.99. The maximum atomic E-state index is 13.1. The molecule has 0 bridgehead atoms. The summed E-state index contributed by atoms with van der Waals surface area (Å²) in [5.74, 6) is -1.10. The van der Waals surface area contributed by atoms with E-state index in [1.54, 1.807) is 0 Å². The summed E-state index contributed by atoms with van der Waals surface area (Å²) in [5, 5.41) is 11.2. The van der Waals surface area contributed by atoms with Crippen LogP contribution in [0.1, 0.15) is 32.7 Å². The van der Waals surface area contributed by atoms with Crippen LogP contribution in [0.15, 0.2) is 30.3 Å². The first-order valence-corrected chi connectivity index (χ1v) is 10.8. The third-order valence-electron chi connectivity index (χ3n) is 6.04. The van der Waals surface area contributed by atoms with Gasteiger partial charge in [-0.2, -0.15) is 0 Å². The van der Waals surface area contributed by atoms with E-state index in [1.807, 2.05) is 56.0 Å². The van der Waals surface area contributed by atoms with Crippen molar-refractivity contribution < 1.29 is 14.7 Å². The van der Waals surface area contributed by atoms with Crippen LogP contribution in [0.5, 0.6) is 0 Å².